The van der Waals surface area contributed by atoms with Gasteiger partial charge in [-0.05, 0) is 35.9 Å². The molecule has 0 aliphatic carbocycles. The van der Waals surface area contributed by atoms with Gasteiger partial charge in [0, 0.05) is 42.8 Å². The second kappa shape index (κ2) is 8.98. The molecule has 6 nitrogen and oxygen atoms in total. The van der Waals surface area contributed by atoms with Crippen LogP contribution in [0.25, 0.3) is 21.7 Å². The maximum Gasteiger partial charge on any atom is 0.311 e. The molecule has 0 saturated carbocycles. The Kier molecular flexibility index (Phi) is 5.73. The van der Waals surface area contributed by atoms with E-state index in [-0.39, 0.29) is 12.3 Å². The van der Waals surface area contributed by atoms with Crippen LogP contribution >= 0.6 is 0 Å². The van der Waals surface area contributed by atoms with Crippen LogP contribution in [0.2, 0.25) is 0 Å². The molecular weight excluding hydrogens is 416 g/mol. The Morgan fingerprint density at radius 1 is 0.939 bits per heavy atom. The lowest BCUT2D eigenvalue weighted by Gasteiger charge is -2.37. The number of esters is 1. The third-order valence-electron chi connectivity index (χ3n) is 6.24. The number of fused-ring (bicyclic) bond motifs is 3. The van der Waals surface area contributed by atoms with Crippen LogP contribution in [0.15, 0.2) is 77.4 Å². The molecule has 2 heterocycles. The second-order valence-electron chi connectivity index (χ2n) is 8.38. The third-order valence-corrected chi connectivity index (χ3v) is 6.24. The average Bonchev–Trinajstić information content (AvgIpc) is 3.27. The van der Waals surface area contributed by atoms with Crippen LogP contribution in [0.3, 0.4) is 0 Å². The fourth-order valence-electron chi connectivity index (χ4n) is 4.53. The van der Waals surface area contributed by atoms with Crippen LogP contribution < -0.4 is 4.90 Å². The Morgan fingerprint density at radius 2 is 1.67 bits per heavy atom. The van der Waals surface area contributed by atoms with Gasteiger partial charge in [0.2, 0.25) is 0 Å². The van der Waals surface area contributed by atoms with Crippen molar-refractivity contribution in [1.82, 2.24) is 4.90 Å². The summed E-state index contributed by atoms with van der Waals surface area (Å²) in [6.07, 6.45) is 0.837. The molecule has 1 amide bonds. The molecule has 0 N–H and O–H groups in total. The van der Waals surface area contributed by atoms with Crippen molar-refractivity contribution in [1.29, 1.82) is 0 Å². The monoisotopic (exact) mass is 442 g/mol. The molecule has 3 aromatic carbocycles. The first-order valence-corrected chi connectivity index (χ1v) is 11.3. The Hall–Kier alpha value is -3.80. The SMILES string of the molecule is CC(OC(=O)Cc1coc2ccc3ccccc3c12)C(=O)N1CCN(c2ccccc2)CC1. The number of nitrogens with zero attached hydrogens (tertiary/aromatic N) is 2. The fourth-order valence-corrected chi connectivity index (χ4v) is 4.53. The molecule has 1 saturated heterocycles. The molecule has 33 heavy (non-hydrogen) atoms. The summed E-state index contributed by atoms with van der Waals surface area (Å²) in [5.41, 5.74) is 2.66. The lowest BCUT2D eigenvalue weighted by Crippen LogP contribution is -2.51. The fraction of sp³-hybridized carbons (Fsp3) is 0.259. The molecule has 4 aromatic rings. The van der Waals surface area contributed by atoms with Crippen LogP contribution in [0, 0.1) is 0 Å². The van der Waals surface area contributed by atoms with Gasteiger partial charge >= 0.3 is 5.97 Å². The van der Waals surface area contributed by atoms with Gasteiger partial charge in [-0.1, -0.05) is 48.5 Å². The number of rotatable bonds is 5. The minimum atomic E-state index is -0.823. The normalized spacial score (nSPS) is 15.1. The van der Waals surface area contributed by atoms with Crippen LogP contribution in [-0.4, -0.2) is 49.1 Å². The number of anilines is 1. The highest BCUT2D eigenvalue weighted by Crippen LogP contribution is 2.30. The van der Waals surface area contributed by atoms with E-state index in [1.54, 1.807) is 18.1 Å². The molecule has 0 spiro atoms. The van der Waals surface area contributed by atoms with Gasteiger partial charge in [-0.3, -0.25) is 9.59 Å². The van der Waals surface area contributed by atoms with Crippen molar-refractivity contribution < 1.29 is 18.7 Å². The van der Waals surface area contributed by atoms with Crippen LogP contribution in [0.4, 0.5) is 5.69 Å². The summed E-state index contributed by atoms with van der Waals surface area (Å²) in [5, 5.41) is 3.03. The standard InChI is InChI=1S/C27H26N2O4/c1-19(27(31)29-15-13-28(14-16-29)22-8-3-2-4-9-22)33-25(30)17-21-18-32-24-12-11-20-7-5-6-10-23(20)26(21)24/h2-12,18-19H,13-17H2,1H3. The number of ether oxygens (including phenoxy) is 1. The van der Waals surface area contributed by atoms with Crippen molar-refractivity contribution in [3.05, 3.63) is 78.6 Å². The first-order chi connectivity index (χ1) is 16.1. The molecule has 6 heteroatoms. The summed E-state index contributed by atoms with van der Waals surface area (Å²) in [4.78, 5) is 29.6. The largest absolute Gasteiger partial charge is 0.464 e. The summed E-state index contributed by atoms with van der Waals surface area (Å²) in [6, 6.07) is 22.1. The van der Waals surface area contributed by atoms with Crippen molar-refractivity contribution in [2.24, 2.45) is 0 Å². The van der Waals surface area contributed by atoms with Gasteiger partial charge in [-0.2, -0.15) is 0 Å². The first kappa shape index (κ1) is 21.1. The minimum Gasteiger partial charge on any atom is -0.464 e. The molecule has 1 aromatic heterocycles. The number of benzene rings is 3. The topological polar surface area (TPSA) is 63.0 Å². The highest BCUT2D eigenvalue weighted by molar-refractivity contribution is 6.08. The van der Waals surface area contributed by atoms with E-state index in [1.165, 1.54) is 0 Å². The van der Waals surface area contributed by atoms with Crippen molar-refractivity contribution in [2.75, 3.05) is 31.1 Å². The van der Waals surface area contributed by atoms with E-state index in [1.807, 2.05) is 54.6 Å². The van der Waals surface area contributed by atoms with Gasteiger partial charge in [0.1, 0.15) is 5.58 Å². The quantitative estimate of drug-likeness (QED) is 0.429. The minimum absolute atomic E-state index is 0.0560. The van der Waals surface area contributed by atoms with E-state index in [9.17, 15) is 9.59 Å². The predicted octanol–water partition coefficient (Wildman–Crippen LogP) is 4.41. The van der Waals surface area contributed by atoms with Crippen LogP contribution in [0.5, 0.6) is 0 Å². The van der Waals surface area contributed by atoms with Crippen molar-refractivity contribution >= 4 is 39.3 Å². The lowest BCUT2D eigenvalue weighted by atomic mass is 10.0. The number of para-hydroxylation sites is 1. The maximum absolute atomic E-state index is 12.9. The number of carbonyl (C=O) groups is 2. The molecular formula is C27H26N2O4. The van der Waals surface area contributed by atoms with Crippen molar-refractivity contribution in [2.45, 2.75) is 19.4 Å². The Morgan fingerprint density at radius 3 is 2.45 bits per heavy atom. The van der Waals surface area contributed by atoms with Gasteiger partial charge in [-0.25, -0.2) is 0 Å². The summed E-state index contributed by atoms with van der Waals surface area (Å²) in [7, 11) is 0. The third kappa shape index (κ3) is 4.29. The van der Waals surface area contributed by atoms with Gasteiger partial charge in [0.15, 0.2) is 6.10 Å². The van der Waals surface area contributed by atoms with E-state index in [4.69, 9.17) is 9.15 Å². The molecule has 0 bridgehead atoms. The zero-order valence-electron chi connectivity index (χ0n) is 18.6. The molecule has 1 aliphatic heterocycles. The number of furan rings is 1. The molecule has 1 aliphatic rings. The Bertz CT molecular complexity index is 1290. The first-order valence-electron chi connectivity index (χ1n) is 11.3. The van der Waals surface area contributed by atoms with Gasteiger partial charge in [0.05, 0.1) is 12.7 Å². The number of hydrogen-bond acceptors (Lipinski definition) is 5. The van der Waals surface area contributed by atoms with E-state index < -0.39 is 12.1 Å². The maximum atomic E-state index is 12.9. The van der Waals surface area contributed by atoms with Crippen molar-refractivity contribution in [3.63, 3.8) is 0 Å². The lowest BCUT2D eigenvalue weighted by molar-refractivity contribution is -0.158. The average molecular weight is 443 g/mol. The number of piperazine rings is 1. The van der Waals surface area contributed by atoms with E-state index >= 15 is 0 Å². The highest BCUT2D eigenvalue weighted by Gasteiger charge is 2.27. The second-order valence-corrected chi connectivity index (χ2v) is 8.38. The Labute approximate surface area is 192 Å². The number of hydrogen-bond donors (Lipinski definition) is 0. The van der Waals surface area contributed by atoms with Gasteiger partial charge < -0.3 is 19.0 Å². The number of amides is 1. The van der Waals surface area contributed by atoms with Crippen molar-refractivity contribution in [3.8, 4) is 0 Å². The van der Waals surface area contributed by atoms with E-state index in [0.29, 0.717) is 13.1 Å². The Balaban J connectivity index is 1.21. The summed E-state index contributed by atoms with van der Waals surface area (Å²) in [5.74, 6) is -0.590. The molecule has 168 valence electrons. The van der Waals surface area contributed by atoms with Crippen LogP contribution in [-0.2, 0) is 20.7 Å². The molecule has 1 unspecified atom stereocenters. The predicted molar refractivity (Wildman–Crippen MR) is 128 cm³/mol. The molecule has 1 atom stereocenters. The van der Waals surface area contributed by atoms with Gasteiger partial charge in [-0.15, -0.1) is 0 Å². The zero-order chi connectivity index (χ0) is 22.8. The number of carbonyl (C=O) groups excluding carboxylic acids is 2. The zero-order valence-corrected chi connectivity index (χ0v) is 18.6. The van der Waals surface area contributed by atoms with Gasteiger partial charge in [0.25, 0.3) is 5.91 Å². The molecule has 1 fully saturated rings. The summed E-state index contributed by atoms with van der Waals surface area (Å²) >= 11 is 0. The highest BCUT2D eigenvalue weighted by atomic mass is 16.5. The smallest absolute Gasteiger partial charge is 0.311 e. The molecule has 0 radical (unpaired) electrons. The summed E-state index contributed by atoms with van der Waals surface area (Å²) in [6.45, 7) is 4.36. The van der Waals surface area contributed by atoms with E-state index in [2.05, 4.69) is 17.0 Å². The van der Waals surface area contributed by atoms with E-state index in [0.717, 1.165) is 46.1 Å². The summed E-state index contributed by atoms with van der Waals surface area (Å²) < 4.78 is 11.2. The molecule has 5 rings (SSSR count). The van der Waals surface area contributed by atoms with Crippen LogP contribution in [0.1, 0.15) is 12.5 Å².